The second-order valence-electron chi connectivity index (χ2n) is 4.02. The maximum absolute atomic E-state index is 11.5. The van der Waals surface area contributed by atoms with Crippen molar-refractivity contribution in [3.05, 3.63) is 29.5 Å². The van der Waals surface area contributed by atoms with Crippen molar-refractivity contribution in [2.75, 3.05) is 25.0 Å². The topological polar surface area (TPSA) is 58.1 Å². The van der Waals surface area contributed by atoms with Gasteiger partial charge >= 0.3 is 0 Å². The molecule has 0 bridgehead atoms. The molecule has 0 fully saturated rings. The van der Waals surface area contributed by atoms with E-state index < -0.39 is 0 Å². The summed E-state index contributed by atoms with van der Waals surface area (Å²) < 4.78 is 0. The predicted octanol–water partition coefficient (Wildman–Crippen LogP) is 1.86. The quantitative estimate of drug-likeness (QED) is 0.867. The van der Waals surface area contributed by atoms with Crippen molar-refractivity contribution in [3.63, 3.8) is 0 Å². The minimum absolute atomic E-state index is 0.0688. The van der Waals surface area contributed by atoms with Crippen molar-refractivity contribution >= 4 is 34.2 Å². The van der Waals surface area contributed by atoms with Crippen LogP contribution in [0, 0.1) is 0 Å². The van der Waals surface area contributed by atoms with Gasteiger partial charge < -0.3 is 10.2 Å². The largest absolute Gasteiger partial charge is 0.358 e. The van der Waals surface area contributed by atoms with Gasteiger partial charge in [0.2, 0.25) is 11.2 Å². The first-order chi connectivity index (χ1) is 9.15. The standard InChI is InChI=1S/C13H15ClN4O/c1-3-18(8-11(19)15-2)12-9-6-4-5-7-10(9)16-13(14)17-12/h4-7H,3,8H2,1-2H3,(H,15,19). The summed E-state index contributed by atoms with van der Waals surface area (Å²) >= 11 is 5.95. The highest BCUT2D eigenvalue weighted by molar-refractivity contribution is 6.28. The predicted molar refractivity (Wildman–Crippen MR) is 76.5 cm³/mol. The van der Waals surface area contributed by atoms with Gasteiger partial charge in [0.05, 0.1) is 12.1 Å². The number of amides is 1. The van der Waals surface area contributed by atoms with E-state index >= 15 is 0 Å². The molecule has 0 atom stereocenters. The van der Waals surface area contributed by atoms with E-state index in [1.54, 1.807) is 7.05 Å². The van der Waals surface area contributed by atoms with Crippen molar-refractivity contribution in [2.45, 2.75) is 6.92 Å². The Kier molecular flexibility index (Phi) is 4.16. The van der Waals surface area contributed by atoms with Crippen molar-refractivity contribution in [3.8, 4) is 0 Å². The summed E-state index contributed by atoms with van der Waals surface area (Å²) in [7, 11) is 1.61. The Morgan fingerprint density at radius 1 is 1.37 bits per heavy atom. The normalized spacial score (nSPS) is 10.5. The van der Waals surface area contributed by atoms with E-state index in [2.05, 4.69) is 15.3 Å². The number of nitrogens with one attached hydrogen (secondary N) is 1. The molecule has 2 aromatic rings. The van der Waals surface area contributed by atoms with Gasteiger partial charge in [-0.3, -0.25) is 4.79 Å². The zero-order valence-electron chi connectivity index (χ0n) is 10.9. The van der Waals surface area contributed by atoms with Gasteiger partial charge in [0.15, 0.2) is 0 Å². The van der Waals surface area contributed by atoms with Crippen LogP contribution in [0.25, 0.3) is 10.9 Å². The molecule has 1 N–H and O–H groups in total. The summed E-state index contributed by atoms with van der Waals surface area (Å²) in [6.07, 6.45) is 0. The molecule has 0 saturated carbocycles. The molecule has 19 heavy (non-hydrogen) atoms. The first kappa shape index (κ1) is 13.5. The van der Waals surface area contributed by atoms with Crippen LogP contribution in [0.15, 0.2) is 24.3 Å². The highest BCUT2D eigenvalue weighted by atomic mass is 35.5. The van der Waals surface area contributed by atoms with Crippen LogP contribution in [0.5, 0.6) is 0 Å². The number of benzene rings is 1. The number of nitrogens with zero attached hydrogens (tertiary/aromatic N) is 3. The molecule has 1 heterocycles. The number of anilines is 1. The molecule has 0 aliphatic rings. The second-order valence-corrected chi connectivity index (χ2v) is 4.36. The third-order valence-electron chi connectivity index (χ3n) is 2.85. The van der Waals surface area contributed by atoms with Gasteiger partial charge in [-0.15, -0.1) is 0 Å². The Hall–Kier alpha value is -1.88. The number of rotatable bonds is 4. The van der Waals surface area contributed by atoms with Gasteiger partial charge in [-0.25, -0.2) is 4.98 Å². The minimum atomic E-state index is -0.0688. The van der Waals surface area contributed by atoms with Crippen LogP contribution < -0.4 is 10.2 Å². The van der Waals surface area contributed by atoms with Crippen LogP contribution in [0.2, 0.25) is 5.28 Å². The molecule has 5 nitrogen and oxygen atoms in total. The molecular formula is C13H15ClN4O. The summed E-state index contributed by atoms with van der Waals surface area (Å²) in [6, 6.07) is 7.61. The fourth-order valence-electron chi connectivity index (χ4n) is 1.86. The van der Waals surface area contributed by atoms with E-state index in [1.807, 2.05) is 36.1 Å². The lowest BCUT2D eigenvalue weighted by Gasteiger charge is -2.22. The summed E-state index contributed by atoms with van der Waals surface area (Å²) in [5, 5.41) is 3.68. The molecule has 100 valence electrons. The number of hydrogen-bond donors (Lipinski definition) is 1. The van der Waals surface area contributed by atoms with Crippen LogP contribution in [0.4, 0.5) is 5.82 Å². The Labute approximate surface area is 116 Å². The highest BCUT2D eigenvalue weighted by Crippen LogP contribution is 2.24. The molecule has 0 spiro atoms. The number of halogens is 1. The van der Waals surface area contributed by atoms with Crippen LogP contribution in [0.3, 0.4) is 0 Å². The highest BCUT2D eigenvalue weighted by Gasteiger charge is 2.14. The Bertz CT molecular complexity index is 602. The third kappa shape index (κ3) is 2.93. The van der Waals surface area contributed by atoms with Crippen molar-refractivity contribution in [2.24, 2.45) is 0 Å². The van der Waals surface area contributed by atoms with E-state index in [4.69, 9.17) is 11.6 Å². The molecule has 6 heteroatoms. The first-order valence-electron chi connectivity index (χ1n) is 6.03. The lowest BCUT2D eigenvalue weighted by molar-refractivity contribution is -0.119. The van der Waals surface area contributed by atoms with E-state index in [1.165, 1.54) is 0 Å². The molecule has 0 aliphatic carbocycles. The smallest absolute Gasteiger partial charge is 0.239 e. The van der Waals surface area contributed by atoms with Crippen molar-refractivity contribution in [1.82, 2.24) is 15.3 Å². The second kappa shape index (κ2) is 5.84. The fourth-order valence-corrected chi connectivity index (χ4v) is 2.03. The fraction of sp³-hybridized carbons (Fsp3) is 0.308. The Morgan fingerprint density at radius 2 is 2.11 bits per heavy atom. The maximum Gasteiger partial charge on any atom is 0.239 e. The van der Waals surface area contributed by atoms with Gasteiger partial charge in [0.25, 0.3) is 0 Å². The summed E-state index contributed by atoms with van der Waals surface area (Å²) in [5.74, 6) is 0.613. The zero-order valence-corrected chi connectivity index (χ0v) is 11.6. The zero-order chi connectivity index (χ0) is 13.8. The average Bonchev–Trinajstić information content (AvgIpc) is 2.43. The number of para-hydroxylation sites is 1. The number of likely N-dealkylation sites (N-methyl/N-ethyl adjacent to an activating group) is 2. The molecule has 0 radical (unpaired) electrons. The number of carbonyl (C=O) groups is 1. The molecule has 0 saturated heterocycles. The summed E-state index contributed by atoms with van der Waals surface area (Å²) in [4.78, 5) is 21.9. The van der Waals surface area contributed by atoms with E-state index in [9.17, 15) is 4.79 Å². The van der Waals surface area contributed by atoms with E-state index in [-0.39, 0.29) is 17.7 Å². The molecular weight excluding hydrogens is 264 g/mol. The van der Waals surface area contributed by atoms with E-state index in [0.29, 0.717) is 12.4 Å². The Balaban J connectivity index is 2.49. The van der Waals surface area contributed by atoms with Gasteiger partial charge in [0.1, 0.15) is 5.82 Å². The number of fused-ring (bicyclic) bond motifs is 1. The van der Waals surface area contributed by atoms with Gasteiger partial charge in [-0.2, -0.15) is 4.98 Å². The number of aromatic nitrogens is 2. The van der Waals surface area contributed by atoms with Gasteiger partial charge in [-0.1, -0.05) is 12.1 Å². The minimum Gasteiger partial charge on any atom is -0.358 e. The molecule has 1 aromatic heterocycles. The number of carbonyl (C=O) groups excluding carboxylic acids is 1. The van der Waals surface area contributed by atoms with Crippen molar-refractivity contribution < 1.29 is 4.79 Å². The lowest BCUT2D eigenvalue weighted by atomic mass is 10.2. The molecule has 0 aliphatic heterocycles. The lowest BCUT2D eigenvalue weighted by Crippen LogP contribution is -2.36. The van der Waals surface area contributed by atoms with Gasteiger partial charge in [-0.05, 0) is 30.7 Å². The summed E-state index contributed by atoms with van der Waals surface area (Å²) in [5.41, 5.74) is 0.771. The first-order valence-corrected chi connectivity index (χ1v) is 6.41. The summed E-state index contributed by atoms with van der Waals surface area (Å²) in [6.45, 7) is 2.86. The van der Waals surface area contributed by atoms with Crippen LogP contribution in [0.1, 0.15) is 6.92 Å². The van der Waals surface area contributed by atoms with Gasteiger partial charge in [0, 0.05) is 19.0 Å². The van der Waals surface area contributed by atoms with E-state index in [0.717, 1.165) is 10.9 Å². The van der Waals surface area contributed by atoms with Crippen LogP contribution in [-0.2, 0) is 4.79 Å². The van der Waals surface area contributed by atoms with Crippen LogP contribution in [-0.4, -0.2) is 36.0 Å². The molecule has 1 amide bonds. The maximum atomic E-state index is 11.5. The average molecular weight is 279 g/mol. The third-order valence-corrected chi connectivity index (χ3v) is 3.02. The number of hydrogen-bond acceptors (Lipinski definition) is 4. The van der Waals surface area contributed by atoms with Crippen molar-refractivity contribution in [1.29, 1.82) is 0 Å². The SMILES string of the molecule is CCN(CC(=O)NC)c1nc(Cl)nc2ccccc12. The monoisotopic (exact) mass is 278 g/mol. The molecule has 1 aromatic carbocycles. The molecule has 0 unspecified atom stereocenters. The molecule has 2 rings (SSSR count). The Morgan fingerprint density at radius 3 is 2.79 bits per heavy atom. The van der Waals surface area contributed by atoms with Crippen LogP contribution >= 0.6 is 11.6 Å².